The van der Waals surface area contributed by atoms with Crippen molar-refractivity contribution in [3.63, 3.8) is 0 Å². The first-order chi connectivity index (χ1) is 7.72. The van der Waals surface area contributed by atoms with Gasteiger partial charge in [0.25, 0.3) is 0 Å². The second kappa shape index (κ2) is 10.7. The Morgan fingerprint density at radius 2 is 1.62 bits per heavy atom. The fourth-order valence-electron chi connectivity index (χ4n) is 1.46. The predicted molar refractivity (Wildman–Crippen MR) is 68.4 cm³/mol. The Hall–Kier alpha value is -0.790. The molecule has 0 rings (SSSR count). The van der Waals surface area contributed by atoms with Crippen molar-refractivity contribution in [1.29, 1.82) is 0 Å². The number of carbonyl (C=O) groups excluding carboxylic acids is 1. The number of hydrogen-bond donors (Lipinski definition) is 0. The van der Waals surface area contributed by atoms with Crippen molar-refractivity contribution in [3.05, 3.63) is 12.2 Å². The van der Waals surface area contributed by atoms with Crippen LogP contribution in [0.4, 0.5) is 0 Å². The molecule has 2 heteroatoms. The lowest BCUT2D eigenvalue weighted by atomic mass is 10.1. The van der Waals surface area contributed by atoms with E-state index in [-0.39, 0.29) is 5.97 Å². The molecule has 0 aromatic carbocycles. The van der Waals surface area contributed by atoms with Crippen LogP contribution < -0.4 is 0 Å². The van der Waals surface area contributed by atoms with Crippen LogP contribution in [0, 0.1) is 0 Å². The van der Waals surface area contributed by atoms with Gasteiger partial charge in [0.05, 0.1) is 6.61 Å². The van der Waals surface area contributed by atoms with E-state index >= 15 is 0 Å². The lowest BCUT2D eigenvalue weighted by molar-refractivity contribution is -0.139. The van der Waals surface area contributed by atoms with Crippen LogP contribution >= 0.6 is 0 Å². The average molecular weight is 226 g/mol. The summed E-state index contributed by atoms with van der Waals surface area (Å²) in [5.41, 5.74) is 0.632. The zero-order valence-electron chi connectivity index (χ0n) is 10.9. The number of esters is 1. The Morgan fingerprint density at radius 1 is 1.00 bits per heavy atom. The molecule has 0 saturated heterocycles. The van der Waals surface area contributed by atoms with Crippen LogP contribution in [-0.4, -0.2) is 12.6 Å². The van der Waals surface area contributed by atoms with Crippen LogP contribution in [-0.2, 0) is 9.53 Å². The van der Waals surface area contributed by atoms with Gasteiger partial charge in [-0.1, -0.05) is 52.5 Å². The summed E-state index contributed by atoms with van der Waals surface area (Å²) in [4.78, 5) is 11.4. The minimum atomic E-state index is -0.205. The van der Waals surface area contributed by atoms with Gasteiger partial charge < -0.3 is 4.74 Å². The number of carbonyl (C=O) groups is 1. The fourth-order valence-corrected chi connectivity index (χ4v) is 1.46. The molecule has 0 fully saturated rings. The van der Waals surface area contributed by atoms with E-state index in [0.29, 0.717) is 12.2 Å². The first-order valence-corrected chi connectivity index (χ1v) is 6.57. The highest BCUT2D eigenvalue weighted by atomic mass is 16.5. The minimum Gasteiger partial charge on any atom is -0.462 e. The molecule has 0 aromatic heterocycles. The molecule has 16 heavy (non-hydrogen) atoms. The third-order valence-electron chi connectivity index (χ3n) is 2.60. The number of ether oxygens (including phenoxy) is 1. The minimum absolute atomic E-state index is 0.205. The molecule has 0 aliphatic rings. The van der Waals surface area contributed by atoms with Gasteiger partial charge in [0.2, 0.25) is 0 Å². The molecule has 2 nitrogen and oxygen atoms in total. The van der Waals surface area contributed by atoms with Crippen molar-refractivity contribution in [2.45, 2.75) is 65.2 Å². The molecular formula is C14H26O2. The molecule has 0 heterocycles. The maximum Gasteiger partial charge on any atom is 0.333 e. The molecule has 94 valence electrons. The normalized spacial score (nSPS) is 10.1. The third-order valence-corrected chi connectivity index (χ3v) is 2.60. The van der Waals surface area contributed by atoms with Crippen LogP contribution in [0.25, 0.3) is 0 Å². The first-order valence-electron chi connectivity index (χ1n) is 6.57. The lowest BCUT2D eigenvalue weighted by Crippen LogP contribution is -2.08. The Labute approximate surface area is 100 Å². The second-order valence-electron chi connectivity index (χ2n) is 4.26. The van der Waals surface area contributed by atoms with Crippen LogP contribution in [0.15, 0.2) is 12.2 Å². The van der Waals surface area contributed by atoms with Crippen LogP contribution in [0.2, 0.25) is 0 Å². The summed E-state index contributed by atoms with van der Waals surface area (Å²) >= 11 is 0. The van der Waals surface area contributed by atoms with Crippen LogP contribution in [0.1, 0.15) is 65.2 Å². The Bertz CT molecular complexity index is 197. The third kappa shape index (κ3) is 8.51. The van der Waals surface area contributed by atoms with Gasteiger partial charge in [-0.25, -0.2) is 4.79 Å². The fraction of sp³-hybridized carbons (Fsp3) is 0.786. The van der Waals surface area contributed by atoms with Gasteiger partial charge in [-0.15, -0.1) is 0 Å². The smallest absolute Gasteiger partial charge is 0.333 e. The Balaban J connectivity index is 3.44. The van der Waals surface area contributed by atoms with Gasteiger partial charge in [0.15, 0.2) is 0 Å². The van der Waals surface area contributed by atoms with Crippen molar-refractivity contribution in [2.75, 3.05) is 6.61 Å². The largest absolute Gasteiger partial charge is 0.462 e. The molecular weight excluding hydrogens is 200 g/mol. The van der Waals surface area contributed by atoms with E-state index in [1.165, 1.54) is 25.7 Å². The van der Waals surface area contributed by atoms with Gasteiger partial charge in [-0.2, -0.15) is 0 Å². The Kier molecular flexibility index (Phi) is 10.2. The molecule has 0 unspecified atom stereocenters. The molecule has 0 saturated carbocycles. The van der Waals surface area contributed by atoms with Gasteiger partial charge in [-0.3, -0.25) is 0 Å². The molecule has 0 N–H and O–H groups in total. The highest BCUT2D eigenvalue weighted by molar-refractivity contribution is 5.87. The van der Waals surface area contributed by atoms with Crippen molar-refractivity contribution >= 4 is 5.97 Å². The van der Waals surface area contributed by atoms with E-state index in [2.05, 4.69) is 20.4 Å². The summed E-state index contributed by atoms with van der Waals surface area (Å²) in [6.07, 6.45) is 8.82. The molecule has 0 bridgehead atoms. The molecule has 0 amide bonds. The highest BCUT2D eigenvalue weighted by Gasteiger charge is 2.07. The predicted octanol–water partition coefficient (Wildman–Crippen LogP) is 4.25. The van der Waals surface area contributed by atoms with Gasteiger partial charge in [0, 0.05) is 5.57 Å². The van der Waals surface area contributed by atoms with E-state index in [9.17, 15) is 4.79 Å². The summed E-state index contributed by atoms with van der Waals surface area (Å²) in [6, 6.07) is 0. The summed E-state index contributed by atoms with van der Waals surface area (Å²) in [7, 11) is 0. The highest BCUT2D eigenvalue weighted by Crippen LogP contribution is 2.11. The molecule has 0 aliphatic heterocycles. The summed E-state index contributed by atoms with van der Waals surface area (Å²) in [5, 5.41) is 0. The van der Waals surface area contributed by atoms with Crippen molar-refractivity contribution < 1.29 is 9.53 Å². The first kappa shape index (κ1) is 15.2. The number of unbranched alkanes of at least 4 members (excludes halogenated alkanes) is 5. The SMILES string of the molecule is C=C(CCCCCCC)C(=O)OCCCC. The summed E-state index contributed by atoms with van der Waals surface area (Å²) in [6.45, 7) is 8.59. The maximum absolute atomic E-state index is 11.4. The quantitative estimate of drug-likeness (QED) is 0.316. The van der Waals surface area contributed by atoms with E-state index < -0.39 is 0 Å². The van der Waals surface area contributed by atoms with E-state index in [1.54, 1.807) is 0 Å². The monoisotopic (exact) mass is 226 g/mol. The van der Waals surface area contributed by atoms with Crippen molar-refractivity contribution in [3.8, 4) is 0 Å². The Morgan fingerprint density at radius 3 is 2.25 bits per heavy atom. The summed E-state index contributed by atoms with van der Waals surface area (Å²) in [5.74, 6) is -0.205. The van der Waals surface area contributed by atoms with Crippen LogP contribution in [0.5, 0.6) is 0 Å². The van der Waals surface area contributed by atoms with Crippen molar-refractivity contribution in [1.82, 2.24) is 0 Å². The maximum atomic E-state index is 11.4. The topological polar surface area (TPSA) is 26.3 Å². The molecule has 0 radical (unpaired) electrons. The number of rotatable bonds is 10. The van der Waals surface area contributed by atoms with Gasteiger partial charge >= 0.3 is 5.97 Å². The molecule has 0 atom stereocenters. The standard InChI is InChI=1S/C14H26O2/c1-4-6-8-9-10-11-13(3)14(15)16-12-7-5-2/h3-12H2,1-2H3. The second-order valence-corrected chi connectivity index (χ2v) is 4.26. The van der Waals surface area contributed by atoms with E-state index in [1.807, 2.05) is 0 Å². The van der Waals surface area contributed by atoms with E-state index in [4.69, 9.17) is 4.74 Å². The molecule has 0 aliphatic carbocycles. The van der Waals surface area contributed by atoms with Crippen LogP contribution in [0.3, 0.4) is 0 Å². The zero-order chi connectivity index (χ0) is 12.2. The van der Waals surface area contributed by atoms with Gasteiger partial charge in [-0.05, 0) is 19.3 Å². The van der Waals surface area contributed by atoms with Crippen molar-refractivity contribution in [2.24, 2.45) is 0 Å². The lowest BCUT2D eigenvalue weighted by Gasteiger charge is -2.06. The zero-order valence-corrected chi connectivity index (χ0v) is 10.9. The number of hydrogen-bond acceptors (Lipinski definition) is 2. The van der Waals surface area contributed by atoms with Gasteiger partial charge in [0.1, 0.15) is 0 Å². The van der Waals surface area contributed by atoms with E-state index in [0.717, 1.165) is 25.7 Å². The molecule has 0 spiro atoms. The molecule has 0 aromatic rings. The summed E-state index contributed by atoms with van der Waals surface area (Å²) < 4.78 is 5.08. The average Bonchev–Trinajstić information content (AvgIpc) is 2.28.